The molecular weight excluding hydrogens is 720 g/mol. The number of hydrogen-bond acceptors (Lipinski definition) is 3. The molecule has 0 spiro atoms. The number of carbonyl (C=O) groups is 3. The molecule has 3 aromatic carbocycles. The van der Waals surface area contributed by atoms with Gasteiger partial charge in [-0.3, -0.25) is 14.4 Å². The predicted octanol–water partition coefficient (Wildman–Crippen LogP) is 8.87. The molecule has 1 fully saturated rings. The summed E-state index contributed by atoms with van der Waals surface area (Å²) in [5.74, 6) is -7.79. The zero-order chi connectivity index (χ0) is 34.6. The zero-order valence-electron chi connectivity index (χ0n) is 22.3. The first-order valence-electron chi connectivity index (χ1n) is 12.6. The van der Waals surface area contributed by atoms with E-state index in [1.807, 2.05) is 5.32 Å². The van der Waals surface area contributed by atoms with Crippen LogP contribution in [0.5, 0.6) is 0 Å². The van der Waals surface area contributed by atoms with Crippen LogP contribution in [-0.4, -0.2) is 30.1 Å². The van der Waals surface area contributed by atoms with Gasteiger partial charge in [0.2, 0.25) is 5.91 Å². The minimum Gasteiger partial charge on any atom is -0.319 e. The third kappa shape index (κ3) is 6.43. The number of alkyl halides is 10. The Balaban J connectivity index is 1.88. The van der Waals surface area contributed by atoms with Crippen molar-refractivity contribution in [2.24, 2.45) is 5.92 Å². The summed E-state index contributed by atoms with van der Waals surface area (Å²) in [6.07, 6.45) is -19.5. The van der Waals surface area contributed by atoms with E-state index >= 15 is 4.39 Å². The maximum absolute atomic E-state index is 15.6. The van der Waals surface area contributed by atoms with Gasteiger partial charge in [0.15, 0.2) is 5.82 Å². The molecular formula is C28H15BrF12N2O3. The number of hydrogen-bond donors (Lipinski definition) is 1. The number of rotatable bonds is 6. The summed E-state index contributed by atoms with van der Waals surface area (Å²) in [7, 11) is 0. The molecule has 4 rings (SSSR count). The van der Waals surface area contributed by atoms with Crippen molar-refractivity contribution < 1.29 is 67.1 Å². The van der Waals surface area contributed by atoms with Crippen molar-refractivity contribution in [2.45, 2.75) is 37.0 Å². The Morgan fingerprint density at radius 3 is 1.87 bits per heavy atom. The van der Waals surface area contributed by atoms with Crippen LogP contribution in [0.15, 0.2) is 59.1 Å². The molecule has 1 N–H and O–H groups in total. The number of amides is 3. The van der Waals surface area contributed by atoms with Crippen LogP contribution in [0.1, 0.15) is 44.7 Å². The molecule has 0 saturated heterocycles. The van der Waals surface area contributed by atoms with Crippen LogP contribution in [0.2, 0.25) is 0 Å². The summed E-state index contributed by atoms with van der Waals surface area (Å²) in [6, 6.07) is 5.17. The van der Waals surface area contributed by atoms with Gasteiger partial charge in [-0.15, -0.1) is 0 Å². The highest BCUT2D eigenvalue weighted by Gasteiger charge is 2.74. The number of nitrogens with zero attached hydrogens (tertiary/aromatic N) is 1. The van der Waals surface area contributed by atoms with Crippen molar-refractivity contribution in [1.29, 1.82) is 0 Å². The first kappa shape index (κ1) is 34.8. The standard InChI is InChI=1S/C28H15BrF12N2O3/c29-18-11-14(25(32,27(36,37)38)28(39,40)41)10-17(26(33,34)35)21(18)43(23(45)13-4-5-13)24(46)16-2-1-3-19(20(16)31)42-22(44)12-6-8-15(30)9-7-12/h1-3,6-11,13H,4-5H2,(H,42,44). The molecule has 46 heavy (non-hydrogen) atoms. The van der Waals surface area contributed by atoms with Gasteiger partial charge in [-0.2, -0.15) is 39.5 Å². The van der Waals surface area contributed by atoms with E-state index in [9.17, 15) is 62.7 Å². The van der Waals surface area contributed by atoms with Gasteiger partial charge in [-0.05, 0) is 77.3 Å². The number of anilines is 2. The lowest BCUT2D eigenvalue weighted by molar-refractivity contribution is -0.348. The maximum atomic E-state index is 15.6. The van der Waals surface area contributed by atoms with Gasteiger partial charge in [0, 0.05) is 21.5 Å². The first-order valence-corrected chi connectivity index (χ1v) is 13.4. The first-order chi connectivity index (χ1) is 21.1. The van der Waals surface area contributed by atoms with Crippen molar-refractivity contribution in [3.8, 4) is 0 Å². The number of carbonyl (C=O) groups excluding carboxylic acids is 3. The molecule has 0 unspecified atom stereocenters. The molecule has 0 aliphatic heterocycles. The maximum Gasteiger partial charge on any atom is 0.435 e. The van der Waals surface area contributed by atoms with Crippen LogP contribution < -0.4 is 10.2 Å². The molecule has 0 bridgehead atoms. The number of nitrogens with one attached hydrogen (secondary N) is 1. The normalized spacial score (nSPS) is 14.2. The SMILES string of the molecule is O=C(Nc1cccc(C(=O)N(C(=O)C2CC2)c2c(Br)cc(C(F)(C(F)(F)F)C(F)(F)F)cc2C(F)(F)F)c1F)c1ccc(F)cc1. The Bertz CT molecular complexity index is 1680. The van der Waals surface area contributed by atoms with Gasteiger partial charge in [0.1, 0.15) is 5.82 Å². The minimum atomic E-state index is -6.81. The highest BCUT2D eigenvalue weighted by Crippen LogP contribution is 2.55. The smallest absolute Gasteiger partial charge is 0.319 e. The quantitative estimate of drug-likeness (QED) is 0.203. The van der Waals surface area contributed by atoms with Crippen LogP contribution in [-0.2, 0) is 16.6 Å². The summed E-state index contributed by atoms with van der Waals surface area (Å²) in [5.41, 5.74) is -15.1. The second-order valence-corrected chi connectivity index (χ2v) is 10.7. The molecule has 1 aliphatic rings. The Morgan fingerprint density at radius 2 is 1.37 bits per heavy atom. The van der Waals surface area contributed by atoms with Crippen LogP contribution in [0.25, 0.3) is 0 Å². The highest BCUT2D eigenvalue weighted by atomic mass is 79.9. The second-order valence-electron chi connectivity index (χ2n) is 9.89. The molecule has 5 nitrogen and oxygen atoms in total. The lowest BCUT2D eigenvalue weighted by Gasteiger charge is -2.32. The fraction of sp³-hybridized carbons (Fsp3) is 0.250. The van der Waals surface area contributed by atoms with Gasteiger partial charge in [-0.1, -0.05) is 6.07 Å². The van der Waals surface area contributed by atoms with Crippen LogP contribution in [0.3, 0.4) is 0 Å². The van der Waals surface area contributed by atoms with Gasteiger partial charge >= 0.3 is 24.2 Å². The average molecular weight is 735 g/mol. The molecule has 18 heteroatoms. The van der Waals surface area contributed by atoms with Crippen molar-refractivity contribution in [3.05, 3.63) is 93.0 Å². The van der Waals surface area contributed by atoms with Crippen molar-refractivity contribution in [3.63, 3.8) is 0 Å². The van der Waals surface area contributed by atoms with Gasteiger partial charge in [0.05, 0.1) is 22.5 Å². The lowest BCUT2D eigenvalue weighted by Crippen LogP contribution is -2.50. The van der Waals surface area contributed by atoms with Gasteiger partial charge < -0.3 is 5.32 Å². The minimum absolute atomic E-state index is 0.00561. The Morgan fingerprint density at radius 1 is 0.804 bits per heavy atom. The summed E-state index contributed by atoms with van der Waals surface area (Å²) < 4.78 is 165. The highest BCUT2D eigenvalue weighted by molar-refractivity contribution is 9.10. The summed E-state index contributed by atoms with van der Waals surface area (Å²) in [4.78, 5) is 39.0. The van der Waals surface area contributed by atoms with E-state index in [0.717, 1.165) is 36.4 Å². The number of imide groups is 1. The van der Waals surface area contributed by atoms with E-state index in [1.165, 1.54) is 0 Å². The summed E-state index contributed by atoms with van der Waals surface area (Å²) >= 11 is 2.37. The molecule has 0 aromatic heterocycles. The molecule has 246 valence electrons. The predicted molar refractivity (Wildman–Crippen MR) is 139 cm³/mol. The Kier molecular flexibility index (Phi) is 9.02. The molecule has 0 heterocycles. The van der Waals surface area contributed by atoms with E-state index in [1.54, 1.807) is 0 Å². The molecule has 0 atom stereocenters. The molecule has 0 radical (unpaired) electrons. The van der Waals surface area contributed by atoms with Gasteiger partial charge in [-0.25, -0.2) is 18.1 Å². The van der Waals surface area contributed by atoms with E-state index in [2.05, 4.69) is 15.9 Å². The molecule has 3 aromatic rings. The molecule has 1 aliphatic carbocycles. The summed E-state index contributed by atoms with van der Waals surface area (Å²) in [5, 5.41) is 2.05. The Labute approximate surface area is 258 Å². The van der Waals surface area contributed by atoms with E-state index in [0.29, 0.717) is 6.07 Å². The third-order valence-corrected chi connectivity index (χ3v) is 7.31. The zero-order valence-corrected chi connectivity index (χ0v) is 23.9. The Hall–Kier alpha value is -4.09. The largest absolute Gasteiger partial charge is 0.435 e. The molecule has 1 saturated carbocycles. The fourth-order valence-corrected chi connectivity index (χ4v) is 4.90. The van der Waals surface area contributed by atoms with E-state index < -0.39 is 98.1 Å². The average Bonchev–Trinajstić information content (AvgIpc) is 3.78. The third-order valence-electron chi connectivity index (χ3n) is 6.71. The lowest BCUT2D eigenvalue weighted by atomic mass is 9.91. The van der Waals surface area contributed by atoms with E-state index in [4.69, 9.17) is 0 Å². The summed E-state index contributed by atoms with van der Waals surface area (Å²) in [6.45, 7) is 0. The fourth-order valence-electron chi connectivity index (χ4n) is 4.26. The second kappa shape index (κ2) is 11.9. The van der Waals surface area contributed by atoms with Crippen molar-refractivity contribution in [1.82, 2.24) is 0 Å². The number of halogens is 13. The topological polar surface area (TPSA) is 66.5 Å². The van der Waals surface area contributed by atoms with Crippen LogP contribution in [0.4, 0.5) is 64.1 Å². The monoisotopic (exact) mass is 734 g/mol. The van der Waals surface area contributed by atoms with Gasteiger partial charge in [0.25, 0.3) is 11.8 Å². The van der Waals surface area contributed by atoms with Crippen LogP contribution in [0, 0.1) is 17.6 Å². The van der Waals surface area contributed by atoms with Crippen molar-refractivity contribution >= 4 is 45.0 Å². The molecule has 3 amide bonds. The van der Waals surface area contributed by atoms with E-state index in [-0.39, 0.29) is 29.4 Å². The van der Waals surface area contributed by atoms with Crippen molar-refractivity contribution in [2.75, 3.05) is 10.2 Å². The van der Waals surface area contributed by atoms with Crippen LogP contribution >= 0.6 is 15.9 Å². The number of benzene rings is 3.